The van der Waals surface area contributed by atoms with Crippen LogP contribution in [0.5, 0.6) is 0 Å². The van der Waals surface area contributed by atoms with E-state index in [0.29, 0.717) is 5.92 Å². The van der Waals surface area contributed by atoms with E-state index in [1.54, 1.807) is 6.20 Å². The number of pyridine rings is 1. The summed E-state index contributed by atoms with van der Waals surface area (Å²) in [5.74, 6) is 1.47. The van der Waals surface area contributed by atoms with Gasteiger partial charge in [0.25, 0.3) is 0 Å². The number of aliphatic hydroxyl groups excluding tert-OH is 1. The molecule has 0 atom stereocenters. The summed E-state index contributed by atoms with van der Waals surface area (Å²) in [4.78, 5) is 4.38. The lowest BCUT2D eigenvalue weighted by atomic mass is 10.1. The molecule has 0 aliphatic heterocycles. The van der Waals surface area contributed by atoms with Crippen molar-refractivity contribution >= 4 is 16.6 Å². The van der Waals surface area contributed by atoms with Crippen LogP contribution in [-0.2, 0) is 6.61 Å². The Labute approximate surface area is 102 Å². The van der Waals surface area contributed by atoms with Gasteiger partial charge in [-0.25, -0.2) is 4.98 Å². The minimum Gasteiger partial charge on any atom is -0.392 e. The molecule has 0 bridgehead atoms. The number of aliphatic hydroxyl groups is 1. The Morgan fingerprint density at radius 2 is 1.94 bits per heavy atom. The number of hydrogen-bond donors (Lipinski definition) is 2. The van der Waals surface area contributed by atoms with E-state index in [0.717, 1.165) is 28.7 Å². The quantitative estimate of drug-likeness (QED) is 0.849. The van der Waals surface area contributed by atoms with Gasteiger partial charge in [0.05, 0.1) is 6.61 Å². The predicted molar refractivity (Wildman–Crippen MR) is 71.0 cm³/mol. The van der Waals surface area contributed by atoms with Gasteiger partial charge in [-0.05, 0) is 11.3 Å². The highest BCUT2D eigenvalue weighted by Gasteiger charge is 2.06. The fraction of sp³-hybridized carbons (Fsp3) is 0.357. The largest absolute Gasteiger partial charge is 0.392 e. The average molecular weight is 230 g/mol. The molecule has 0 saturated heterocycles. The zero-order valence-corrected chi connectivity index (χ0v) is 10.3. The molecule has 17 heavy (non-hydrogen) atoms. The topological polar surface area (TPSA) is 45.2 Å². The van der Waals surface area contributed by atoms with Gasteiger partial charge in [-0.3, -0.25) is 0 Å². The Hall–Kier alpha value is -1.61. The minimum atomic E-state index is 0.0258. The molecule has 2 N–H and O–H groups in total. The molecule has 0 spiro atoms. The molecule has 0 radical (unpaired) electrons. The number of nitrogens with zero attached hydrogens (tertiary/aromatic N) is 1. The normalized spacial score (nSPS) is 11.1. The maximum absolute atomic E-state index is 9.28. The van der Waals surface area contributed by atoms with E-state index in [1.165, 1.54) is 0 Å². The van der Waals surface area contributed by atoms with Gasteiger partial charge in [0, 0.05) is 23.7 Å². The Morgan fingerprint density at radius 3 is 2.59 bits per heavy atom. The van der Waals surface area contributed by atoms with E-state index >= 15 is 0 Å². The maximum atomic E-state index is 9.28. The van der Waals surface area contributed by atoms with Crippen molar-refractivity contribution in [2.45, 2.75) is 20.5 Å². The molecule has 90 valence electrons. The van der Waals surface area contributed by atoms with E-state index < -0.39 is 0 Å². The molecule has 3 heteroatoms. The minimum absolute atomic E-state index is 0.0258. The van der Waals surface area contributed by atoms with Crippen molar-refractivity contribution in [3.8, 4) is 0 Å². The fourth-order valence-electron chi connectivity index (χ4n) is 1.82. The van der Waals surface area contributed by atoms with Crippen LogP contribution in [-0.4, -0.2) is 16.6 Å². The summed E-state index contributed by atoms with van der Waals surface area (Å²) in [5, 5.41) is 14.8. The van der Waals surface area contributed by atoms with Gasteiger partial charge in [-0.1, -0.05) is 38.1 Å². The molecular weight excluding hydrogens is 212 g/mol. The van der Waals surface area contributed by atoms with Gasteiger partial charge < -0.3 is 10.4 Å². The van der Waals surface area contributed by atoms with Crippen molar-refractivity contribution < 1.29 is 5.11 Å². The van der Waals surface area contributed by atoms with Crippen molar-refractivity contribution in [2.24, 2.45) is 5.92 Å². The van der Waals surface area contributed by atoms with Crippen LogP contribution in [0.4, 0.5) is 5.82 Å². The van der Waals surface area contributed by atoms with Gasteiger partial charge in [0.2, 0.25) is 0 Å². The Morgan fingerprint density at radius 1 is 1.24 bits per heavy atom. The molecular formula is C14H18N2O. The Balaban J connectivity index is 2.43. The molecule has 3 nitrogen and oxygen atoms in total. The van der Waals surface area contributed by atoms with Crippen molar-refractivity contribution in [3.05, 3.63) is 36.0 Å². The third-order valence-electron chi connectivity index (χ3n) is 2.73. The summed E-state index contributed by atoms with van der Waals surface area (Å²) in [7, 11) is 0. The van der Waals surface area contributed by atoms with Crippen LogP contribution in [0.3, 0.4) is 0 Å². The lowest BCUT2D eigenvalue weighted by molar-refractivity contribution is 0.283. The zero-order valence-electron chi connectivity index (χ0n) is 10.3. The first kappa shape index (κ1) is 11.9. The number of nitrogens with one attached hydrogen (secondary N) is 1. The van der Waals surface area contributed by atoms with Crippen LogP contribution < -0.4 is 5.32 Å². The second kappa shape index (κ2) is 5.15. The second-order valence-electron chi connectivity index (χ2n) is 4.61. The molecule has 1 heterocycles. The lowest BCUT2D eigenvalue weighted by Crippen LogP contribution is -2.09. The van der Waals surface area contributed by atoms with Crippen molar-refractivity contribution in [2.75, 3.05) is 11.9 Å². The van der Waals surface area contributed by atoms with Gasteiger partial charge in [0.15, 0.2) is 0 Å². The molecule has 1 aromatic carbocycles. The first-order valence-corrected chi connectivity index (χ1v) is 5.93. The Kier molecular flexibility index (Phi) is 3.59. The van der Waals surface area contributed by atoms with Crippen LogP contribution in [0.1, 0.15) is 19.4 Å². The summed E-state index contributed by atoms with van der Waals surface area (Å²) in [6.45, 7) is 5.25. The highest BCUT2D eigenvalue weighted by atomic mass is 16.3. The van der Waals surface area contributed by atoms with E-state index in [1.807, 2.05) is 24.3 Å². The SMILES string of the molecule is CC(C)CNc1ncc(CO)c2ccccc12. The maximum Gasteiger partial charge on any atom is 0.133 e. The summed E-state index contributed by atoms with van der Waals surface area (Å²) in [6.07, 6.45) is 1.74. The third-order valence-corrected chi connectivity index (χ3v) is 2.73. The fourth-order valence-corrected chi connectivity index (χ4v) is 1.82. The highest BCUT2D eigenvalue weighted by molar-refractivity contribution is 5.93. The van der Waals surface area contributed by atoms with Crippen molar-refractivity contribution in [1.82, 2.24) is 4.98 Å². The summed E-state index contributed by atoms with van der Waals surface area (Å²) in [6, 6.07) is 8.02. The molecule has 0 fully saturated rings. The number of benzene rings is 1. The molecule has 2 aromatic rings. The van der Waals surface area contributed by atoms with Crippen LogP contribution in [0.15, 0.2) is 30.5 Å². The third kappa shape index (κ3) is 2.56. The number of rotatable bonds is 4. The molecule has 0 aliphatic carbocycles. The molecule has 0 aliphatic rings. The van der Waals surface area contributed by atoms with E-state index in [2.05, 4.69) is 24.1 Å². The number of aromatic nitrogens is 1. The predicted octanol–water partition coefficient (Wildman–Crippen LogP) is 2.80. The average Bonchev–Trinajstić information content (AvgIpc) is 2.35. The van der Waals surface area contributed by atoms with Gasteiger partial charge >= 0.3 is 0 Å². The molecule has 0 amide bonds. The first-order valence-electron chi connectivity index (χ1n) is 5.93. The molecule has 1 aromatic heterocycles. The Bertz CT molecular complexity index is 509. The summed E-state index contributed by atoms with van der Waals surface area (Å²) >= 11 is 0. The smallest absolute Gasteiger partial charge is 0.133 e. The zero-order chi connectivity index (χ0) is 12.3. The highest BCUT2D eigenvalue weighted by Crippen LogP contribution is 2.24. The molecule has 2 rings (SSSR count). The monoisotopic (exact) mass is 230 g/mol. The number of fused-ring (bicyclic) bond motifs is 1. The summed E-state index contributed by atoms with van der Waals surface area (Å²) < 4.78 is 0. The van der Waals surface area contributed by atoms with Crippen molar-refractivity contribution in [1.29, 1.82) is 0 Å². The van der Waals surface area contributed by atoms with Crippen LogP contribution >= 0.6 is 0 Å². The number of hydrogen-bond acceptors (Lipinski definition) is 3. The first-order chi connectivity index (χ1) is 8.22. The lowest BCUT2D eigenvalue weighted by Gasteiger charge is -2.12. The van der Waals surface area contributed by atoms with Crippen LogP contribution in [0, 0.1) is 5.92 Å². The van der Waals surface area contributed by atoms with Gasteiger partial charge in [-0.2, -0.15) is 0 Å². The second-order valence-corrected chi connectivity index (χ2v) is 4.61. The number of anilines is 1. The van der Waals surface area contributed by atoms with E-state index in [9.17, 15) is 5.11 Å². The van der Waals surface area contributed by atoms with Crippen LogP contribution in [0.25, 0.3) is 10.8 Å². The molecule has 0 saturated carbocycles. The standard InChI is InChI=1S/C14H18N2O/c1-10(2)7-15-14-13-6-4-3-5-12(13)11(9-17)8-16-14/h3-6,8,10,17H,7,9H2,1-2H3,(H,15,16). The van der Waals surface area contributed by atoms with Crippen molar-refractivity contribution in [3.63, 3.8) is 0 Å². The van der Waals surface area contributed by atoms with E-state index in [-0.39, 0.29) is 6.61 Å². The molecule has 0 unspecified atom stereocenters. The summed E-state index contributed by atoms with van der Waals surface area (Å²) in [5.41, 5.74) is 0.871. The van der Waals surface area contributed by atoms with Gasteiger partial charge in [-0.15, -0.1) is 0 Å². The van der Waals surface area contributed by atoms with Crippen LogP contribution in [0.2, 0.25) is 0 Å². The van der Waals surface area contributed by atoms with Gasteiger partial charge in [0.1, 0.15) is 5.82 Å². The van der Waals surface area contributed by atoms with E-state index in [4.69, 9.17) is 0 Å².